The quantitative estimate of drug-likeness (QED) is 0.910. The highest BCUT2D eigenvalue weighted by atomic mass is 32.2. The Morgan fingerprint density at radius 2 is 2.22 bits per heavy atom. The minimum absolute atomic E-state index is 0.0454. The van der Waals surface area contributed by atoms with E-state index in [0.29, 0.717) is 17.2 Å². The zero-order valence-corrected chi connectivity index (χ0v) is 11.4. The second kappa shape index (κ2) is 6.00. The Kier molecular flexibility index (Phi) is 4.36. The van der Waals surface area contributed by atoms with E-state index in [-0.39, 0.29) is 11.2 Å². The molecular weight excluding hydrogens is 250 g/mol. The van der Waals surface area contributed by atoms with Crippen molar-refractivity contribution in [2.75, 3.05) is 25.3 Å². The Morgan fingerprint density at radius 1 is 1.39 bits per heavy atom. The van der Waals surface area contributed by atoms with Gasteiger partial charge in [0.1, 0.15) is 11.5 Å². The molecule has 18 heavy (non-hydrogen) atoms. The number of nitrogens with one attached hydrogen (secondary N) is 1. The molecule has 1 atom stereocenters. The Labute approximate surface area is 111 Å². The molecular formula is C13H17NO3S. The number of anilines is 1. The highest BCUT2D eigenvalue weighted by Gasteiger charge is 2.24. The van der Waals surface area contributed by atoms with E-state index in [2.05, 4.69) is 5.32 Å². The van der Waals surface area contributed by atoms with E-state index < -0.39 is 0 Å². The van der Waals surface area contributed by atoms with Gasteiger partial charge in [-0.3, -0.25) is 4.79 Å². The van der Waals surface area contributed by atoms with Crippen molar-refractivity contribution in [2.45, 2.75) is 18.1 Å². The normalized spacial score (nSPS) is 18.4. The van der Waals surface area contributed by atoms with Crippen LogP contribution in [0.3, 0.4) is 0 Å². The van der Waals surface area contributed by atoms with Crippen molar-refractivity contribution in [3.05, 3.63) is 18.2 Å². The van der Waals surface area contributed by atoms with Gasteiger partial charge >= 0.3 is 0 Å². The maximum atomic E-state index is 12.1. The first-order valence-electron chi connectivity index (χ1n) is 5.89. The van der Waals surface area contributed by atoms with Crippen LogP contribution in [-0.4, -0.2) is 31.1 Å². The largest absolute Gasteiger partial charge is 0.497 e. The lowest BCUT2D eigenvalue weighted by Crippen LogP contribution is -2.23. The van der Waals surface area contributed by atoms with E-state index in [1.807, 2.05) is 0 Å². The fourth-order valence-electron chi connectivity index (χ4n) is 1.91. The molecule has 1 amide bonds. The van der Waals surface area contributed by atoms with Gasteiger partial charge in [-0.05, 0) is 30.7 Å². The molecule has 1 saturated heterocycles. The van der Waals surface area contributed by atoms with Gasteiger partial charge in [0.25, 0.3) is 0 Å². The van der Waals surface area contributed by atoms with Crippen LogP contribution >= 0.6 is 11.8 Å². The summed E-state index contributed by atoms with van der Waals surface area (Å²) in [7, 11) is 3.18. The number of thioether (sulfide) groups is 1. The SMILES string of the molecule is COc1ccc(OC)c(NC(=O)C2CCCS2)c1. The Balaban J connectivity index is 2.13. The van der Waals surface area contributed by atoms with Crippen molar-refractivity contribution in [1.82, 2.24) is 0 Å². The summed E-state index contributed by atoms with van der Waals surface area (Å²) in [5, 5.41) is 2.97. The van der Waals surface area contributed by atoms with Gasteiger partial charge in [0.15, 0.2) is 0 Å². The van der Waals surface area contributed by atoms with E-state index in [9.17, 15) is 4.79 Å². The summed E-state index contributed by atoms with van der Waals surface area (Å²) in [5.74, 6) is 2.45. The predicted octanol–water partition coefficient (Wildman–Crippen LogP) is 2.54. The summed E-state index contributed by atoms with van der Waals surface area (Å²) in [5.41, 5.74) is 0.661. The number of hydrogen-bond donors (Lipinski definition) is 1. The Hall–Kier alpha value is -1.36. The first kappa shape index (κ1) is 13.1. The molecule has 98 valence electrons. The van der Waals surface area contributed by atoms with Crippen LogP contribution in [-0.2, 0) is 4.79 Å². The number of methoxy groups -OCH3 is 2. The van der Waals surface area contributed by atoms with E-state index in [0.717, 1.165) is 18.6 Å². The summed E-state index contributed by atoms with van der Waals surface area (Å²) < 4.78 is 10.4. The number of benzene rings is 1. The van der Waals surface area contributed by atoms with E-state index in [4.69, 9.17) is 9.47 Å². The monoisotopic (exact) mass is 267 g/mol. The topological polar surface area (TPSA) is 47.6 Å². The number of carbonyl (C=O) groups excluding carboxylic acids is 1. The molecule has 1 fully saturated rings. The predicted molar refractivity (Wildman–Crippen MR) is 73.7 cm³/mol. The molecule has 1 N–H and O–H groups in total. The van der Waals surface area contributed by atoms with Crippen molar-refractivity contribution in [3.63, 3.8) is 0 Å². The number of rotatable bonds is 4. The third kappa shape index (κ3) is 2.90. The molecule has 1 aliphatic heterocycles. The van der Waals surface area contributed by atoms with Crippen LogP contribution in [0.15, 0.2) is 18.2 Å². The highest BCUT2D eigenvalue weighted by Crippen LogP contribution is 2.31. The Morgan fingerprint density at radius 3 is 2.83 bits per heavy atom. The smallest absolute Gasteiger partial charge is 0.237 e. The van der Waals surface area contributed by atoms with Crippen molar-refractivity contribution in [2.24, 2.45) is 0 Å². The van der Waals surface area contributed by atoms with Crippen LogP contribution in [0, 0.1) is 0 Å². The van der Waals surface area contributed by atoms with Gasteiger partial charge in [0, 0.05) is 6.07 Å². The average Bonchev–Trinajstić information content (AvgIpc) is 2.92. The molecule has 0 saturated carbocycles. The van der Waals surface area contributed by atoms with Gasteiger partial charge < -0.3 is 14.8 Å². The van der Waals surface area contributed by atoms with Crippen LogP contribution in [0.4, 0.5) is 5.69 Å². The van der Waals surface area contributed by atoms with Crippen LogP contribution in [0.5, 0.6) is 11.5 Å². The van der Waals surface area contributed by atoms with Crippen molar-refractivity contribution in [3.8, 4) is 11.5 Å². The van der Waals surface area contributed by atoms with Crippen LogP contribution in [0.25, 0.3) is 0 Å². The minimum Gasteiger partial charge on any atom is -0.497 e. The molecule has 1 aromatic rings. The molecule has 1 aromatic carbocycles. The van der Waals surface area contributed by atoms with Crippen LogP contribution < -0.4 is 14.8 Å². The van der Waals surface area contributed by atoms with Crippen molar-refractivity contribution < 1.29 is 14.3 Å². The van der Waals surface area contributed by atoms with Gasteiger partial charge in [-0.25, -0.2) is 0 Å². The number of amides is 1. The molecule has 5 heteroatoms. The fourth-order valence-corrected chi connectivity index (χ4v) is 3.07. The molecule has 0 spiro atoms. The zero-order chi connectivity index (χ0) is 13.0. The van der Waals surface area contributed by atoms with Crippen LogP contribution in [0.1, 0.15) is 12.8 Å². The third-order valence-corrected chi connectivity index (χ3v) is 4.26. The molecule has 0 aliphatic carbocycles. The summed E-state index contributed by atoms with van der Waals surface area (Å²) >= 11 is 1.71. The zero-order valence-electron chi connectivity index (χ0n) is 10.6. The second-order valence-electron chi connectivity index (χ2n) is 4.06. The lowest BCUT2D eigenvalue weighted by atomic mass is 10.2. The maximum absolute atomic E-state index is 12.1. The van der Waals surface area contributed by atoms with E-state index in [1.54, 1.807) is 44.2 Å². The molecule has 1 unspecified atom stereocenters. The molecule has 4 nitrogen and oxygen atoms in total. The van der Waals surface area contributed by atoms with Crippen molar-refractivity contribution >= 4 is 23.4 Å². The molecule has 0 aromatic heterocycles. The number of carbonyl (C=O) groups is 1. The van der Waals surface area contributed by atoms with E-state index >= 15 is 0 Å². The van der Waals surface area contributed by atoms with Gasteiger partial charge in [-0.1, -0.05) is 0 Å². The van der Waals surface area contributed by atoms with Gasteiger partial charge in [0.2, 0.25) is 5.91 Å². The van der Waals surface area contributed by atoms with Crippen LogP contribution in [0.2, 0.25) is 0 Å². The first-order valence-corrected chi connectivity index (χ1v) is 6.94. The van der Waals surface area contributed by atoms with Gasteiger partial charge in [0.05, 0.1) is 25.2 Å². The Bertz CT molecular complexity index is 430. The minimum atomic E-state index is 0.0454. The fraction of sp³-hybridized carbons (Fsp3) is 0.462. The standard InChI is InChI=1S/C13H17NO3S/c1-16-9-5-6-11(17-2)10(8-9)14-13(15)12-4-3-7-18-12/h5-6,8,12H,3-4,7H2,1-2H3,(H,14,15). The summed E-state index contributed by atoms with van der Waals surface area (Å²) in [6.07, 6.45) is 2.06. The summed E-state index contributed by atoms with van der Waals surface area (Å²) in [4.78, 5) is 12.1. The third-order valence-electron chi connectivity index (χ3n) is 2.89. The number of hydrogen-bond acceptors (Lipinski definition) is 4. The maximum Gasteiger partial charge on any atom is 0.237 e. The average molecular weight is 267 g/mol. The van der Waals surface area contributed by atoms with Crippen molar-refractivity contribution in [1.29, 1.82) is 0 Å². The van der Waals surface area contributed by atoms with Gasteiger partial charge in [-0.2, -0.15) is 0 Å². The molecule has 0 bridgehead atoms. The highest BCUT2D eigenvalue weighted by molar-refractivity contribution is 8.00. The molecule has 0 radical (unpaired) electrons. The molecule has 2 rings (SSSR count). The molecule has 1 aliphatic rings. The summed E-state index contributed by atoms with van der Waals surface area (Å²) in [6.45, 7) is 0. The lowest BCUT2D eigenvalue weighted by molar-refractivity contribution is -0.115. The molecule has 1 heterocycles. The first-order chi connectivity index (χ1) is 8.74. The van der Waals surface area contributed by atoms with Gasteiger partial charge in [-0.15, -0.1) is 11.8 Å². The number of ether oxygens (including phenoxy) is 2. The van der Waals surface area contributed by atoms with E-state index in [1.165, 1.54) is 0 Å². The summed E-state index contributed by atoms with van der Waals surface area (Å²) in [6, 6.07) is 5.37. The second-order valence-corrected chi connectivity index (χ2v) is 5.37. The lowest BCUT2D eigenvalue weighted by Gasteiger charge is -2.14.